The van der Waals surface area contributed by atoms with E-state index in [9.17, 15) is 9.59 Å². The highest BCUT2D eigenvalue weighted by Crippen LogP contribution is 2.19. The molecule has 0 radical (unpaired) electrons. The van der Waals surface area contributed by atoms with Gasteiger partial charge in [0.1, 0.15) is 5.75 Å². The van der Waals surface area contributed by atoms with Crippen molar-refractivity contribution >= 4 is 27.7 Å². The van der Waals surface area contributed by atoms with Gasteiger partial charge in [0.25, 0.3) is 0 Å². The van der Waals surface area contributed by atoms with Gasteiger partial charge in [-0.3, -0.25) is 9.59 Å². The molecule has 2 aromatic rings. The lowest BCUT2D eigenvalue weighted by Gasteiger charge is -2.08. The number of hydrogen-bond donors (Lipinski definition) is 0. The molecule has 0 aliphatic carbocycles. The predicted octanol–water partition coefficient (Wildman–Crippen LogP) is 4.51. The maximum Gasteiger partial charge on any atom is 0.306 e. The van der Waals surface area contributed by atoms with Crippen LogP contribution >= 0.6 is 15.9 Å². The monoisotopic (exact) mass is 404 g/mol. The normalized spacial score (nSPS) is 10.4. The molecule has 4 nitrogen and oxygen atoms in total. The molecule has 0 atom stereocenters. The highest BCUT2D eigenvalue weighted by Gasteiger charge is 2.10. The Morgan fingerprint density at radius 2 is 1.80 bits per heavy atom. The van der Waals surface area contributed by atoms with Gasteiger partial charge in [0, 0.05) is 16.5 Å². The number of hydrogen-bond acceptors (Lipinski definition) is 4. The van der Waals surface area contributed by atoms with Crippen LogP contribution in [0.1, 0.15) is 34.3 Å². The third-order valence-corrected chi connectivity index (χ3v) is 4.36. The minimum absolute atomic E-state index is 0.202. The molecule has 25 heavy (non-hydrogen) atoms. The summed E-state index contributed by atoms with van der Waals surface area (Å²) in [4.78, 5) is 23.7. The number of ketones is 1. The molecule has 0 N–H and O–H groups in total. The molecular formula is C20H21BrO4. The summed E-state index contributed by atoms with van der Waals surface area (Å²) in [5.74, 6) is 0.303. The third-order valence-electron chi connectivity index (χ3n) is 3.84. The second kappa shape index (κ2) is 9.37. The number of carbonyl (C=O) groups is 2. The number of benzene rings is 2. The van der Waals surface area contributed by atoms with Gasteiger partial charge in [-0.15, -0.1) is 0 Å². The van der Waals surface area contributed by atoms with Crippen molar-refractivity contribution in [2.24, 2.45) is 0 Å². The number of rotatable bonds is 8. The molecule has 0 saturated carbocycles. The van der Waals surface area contributed by atoms with Crippen LogP contribution in [-0.2, 0) is 16.0 Å². The average molecular weight is 405 g/mol. The molecule has 0 amide bonds. The molecule has 132 valence electrons. The van der Waals surface area contributed by atoms with Crippen LogP contribution in [0.4, 0.5) is 0 Å². The molecule has 0 heterocycles. The van der Waals surface area contributed by atoms with Crippen molar-refractivity contribution in [1.29, 1.82) is 0 Å². The maximum absolute atomic E-state index is 11.9. The molecule has 0 aliphatic rings. The van der Waals surface area contributed by atoms with Crippen LogP contribution in [0.2, 0.25) is 0 Å². The van der Waals surface area contributed by atoms with E-state index in [1.807, 2.05) is 19.1 Å². The lowest BCUT2D eigenvalue weighted by atomic mass is 10.1. The number of methoxy groups -OCH3 is 1. The summed E-state index contributed by atoms with van der Waals surface area (Å²) >= 11 is 3.31. The van der Waals surface area contributed by atoms with E-state index in [2.05, 4.69) is 22.0 Å². The molecule has 0 aromatic heterocycles. The van der Waals surface area contributed by atoms with Crippen molar-refractivity contribution in [1.82, 2.24) is 0 Å². The summed E-state index contributed by atoms with van der Waals surface area (Å²) in [6.45, 7) is 1.77. The van der Waals surface area contributed by atoms with E-state index in [1.165, 1.54) is 0 Å². The zero-order valence-corrected chi connectivity index (χ0v) is 16.0. The molecule has 2 rings (SSSR count). The van der Waals surface area contributed by atoms with Gasteiger partial charge in [-0.05, 0) is 49.1 Å². The fraction of sp³-hybridized carbons (Fsp3) is 0.300. The highest BCUT2D eigenvalue weighted by molar-refractivity contribution is 9.10. The van der Waals surface area contributed by atoms with E-state index in [-0.39, 0.29) is 18.4 Å². The van der Waals surface area contributed by atoms with E-state index in [0.717, 1.165) is 27.8 Å². The van der Waals surface area contributed by atoms with E-state index in [4.69, 9.17) is 9.47 Å². The van der Waals surface area contributed by atoms with Gasteiger partial charge in [0.2, 0.25) is 0 Å². The van der Waals surface area contributed by atoms with Gasteiger partial charge in [-0.2, -0.15) is 0 Å². The van der Waals surface area contributed by atoms with Crippen molar-refractivity contribution in [3.05, 3.63) is 63.6 Å². The van der Waals surface area contributed by atoms with Crippen LogP contribution in [0.5, 0.6) is 5.75 Å². The Labute approximate surface area is 156 Å². The largest absolute Gasteiger partial charge is 0.496 e. The minimum atomic E-state index is -0.351. The predicted molar refractivity (Wildman–Crippen MR) is 100 cm³/mol. The van der Waals surface area contributed by atoms with Gasteiger partial charge in [0.05, 0.1) is 7.11 Å². The first-order valence-corrected chi connectivity index (χ1v) is 8.87. The van der Waals surface area contributed by atoms with Crippen LogP contribution in [0.3, 0.4) is 0 Å². The van der Waals surface area contributed by atoms with E-state index in [0.29, 0.717) is 18.4 Å². The van der Waals surface area contributed by atoms with Crippen molar-refractivity contribution in [2.45, 2.75) is 26.2 Å². The number of aryl methyl sites for hydroxylation is 2. The van der Waals surface area contributed by atoms with Gasteiger partial charge in [0.15, 0.2) is 12.4 Å². The van der Waals surface area contributed by atoms with Crippen LogP contribution in [0.15, 0.2) is 46.9 Å². The van der Waals surface area contributed by atoms with Crippen LogP contribution in [0.25, 0.3) is 0 Å². The zero-order chi connectivity index (χ0) is 18.2. The summed E-state index contributed by atoms with van der Waals surface area (Å²) in [6, 6.07) is 13.0. The van der Waals surface area contributed by atoms with Crippen molar-refractivity contribution in [3.63, 3.8) is 0 Å². The molecule has 0 spiro atoms. The lowest BCUT2D eigenvalue weighted by molar-refractivity contribution is -0.142. The molecule has 0 saturated heterocycles. The maximum atomic E-state index is 11.9. The van der Waals surface area contributed by atoms with Crippen LogP contribution in [0, 0.1) is 6.92 Å². The summed E-state index contributed by atoms with van der Waals surface area (Å²) in [5, 5.41) is 0. The van der Waals surface area contributed by atoms with Gasteiger partial charge in [-0.1, -0.05) is 40.2 Å². The SMILES string of the molecule is COc1ccc(CCCC(=O)OCC(=O)c2ccc(Br)cc2)cc1C. The zero-order valence-electron chi connectivity index (χ0n) is 14.4. The highest BCUT2D eigenvalue weighted by atomic mass is 79.9. The quantitative estimate of drug-likeness (QED) is 0.479. The number of ether oxygens (including phenoxy) is 2. The van der Waals surface area contributed by atoms with E-state index in [1.54, 1.807) is 31.4 Å². The topological polar surface area (TPSA) is 52.6 Å². The molecular weight excluding hydrogens is 384 g/mol. The van der Waals surface area contributed by atoms with Gasteiger partial charge >= 0.3 is 5.97 Å². The lowest BCUT2D eigenvalue weighted by Crippen LogP contribution is -2.14. The smallest absolute Gasteiger partial charge is 0.306 e. The number of carbonyl (C=O) groups excluding carboxylic acids is 2. The average Bonchev–Trinajstić information content (AvgIpc) is 2.60. The Bertz CT molecular complexity index is 738. The Hall–Kier alpha value is -2.14. The van der Waals surface area contributed by atoms with Crippen molar-refractivity contribution in [2.75, 3.05) is 13.7 Å². The molecule has 0 fully saturated rings. The second-order valence-electron chi connectivity index (χ2n) is 5.75. The first kappa shape index (κ1) is 19.2. The molecule has 2 aromatic carbocycles. The Morgan fingerprint density at radius 3 is 2.44 bits per heavy atom. The summed E-state index contributed by atoms with van der Waals surface area (Å²) < 4.78 is 11.2. The van der Waals surface area contributed by atoms with Crippen LogP contribution < -0.4 is 4.74 Å². The van der Waals surface area contributed by atoms with Crippen molar-refractivity contribution in [3.8, 4) is 5.75 Å². The number of Topliss-reactive ketones (excluding diaryl/α,β-unsaturated/α-hetero) is 1. The molecule has 0 unspecified atom stereocenters. The third kappa shape index (κ3) is 6.02. The van der Waals surface area contributed by atoms with E-state index < -0.39 is 0 Å². The summed E-state index contributed by atoms with van der Waals surface area (Å²) in [6.07, 6.45) is 1.75. The van der Waals surface area contributed by atoms with Crippen molar-refractivity contribution < 1.29 is 19.1 Å². The first-order chi connectivity index (χ1) is 12.0. The molecule has 5 heteroatoms. The Balaban J connectivity index is 1.72. The fourth-order valence-electron chi connectivity index (χ4n) is 2.47. The summed E-state index contributed by atoms with van der Waals surface area (Å²) in [5.41, 5.74) is 2.75. The van der Waals surface area contributed by atoms with Gasteiger partial charge in [-0.25, -0.2) is 0 Å². The minimum Gasteiger partial charge on any atom is -0.496 e. The van der Waals surface area contributed by atoms with Crippen LogP contribution in [-0.4, -0.2) is 25.5 Å². The Morgan fingerprint density at radius 1 is 1.08 bits per heavy atom. The standard InChI is InChI=1S/C20H21BrO4/c1-14-12-15(6-11-19(14)24-2)4-3-5-20(23)25-13-18(22)16-7-9-17(21)10-8-16/h6-12H,3-5,13H2,1-2H3. The second-order valence-corrected chi connectivity index (χ2v) is 6.66. The summed E-state index contributed by atoms with van der Waals surface area (Å²) in [7, 11) is 1.65. The number of halogens is 1. The molecule has 0 aliphatic heterocycles. The van der Waals surface area contributed by atoms with Gasteiger partial charge < -0.3 is 9.47 Å². The first-order valence-electron chi connectivity index (χ1n) is 8.07. The fourth-order valence-corrected chi connectivity index (χ4v) is 2.73. The molecule has 0 bridgehead atoms. The Kier molecular flexibility index (Phi) is 7.19. The van der Waals surface area contributed by atoms with E-state index >= 15 is 0 Å². The number of esters is 1.